The number of aliphatic hydroxyl groups is 1. The Balaban J connectivity index is 2.37. The van der Waals surface area contributed by atoms with Crippen LogP contribution in [0.1, 0.15) is 12.5 Å². The lowest BCUT2D eigenvalue weighted by Gasteiger charge is -2.18. The van der Waals surface area contributed by atoms with Gasteiger partial charge >= 0.3 is 5.69 Å². The van der Waals surface area contributed by atoms with Gasteiger partial charge in [-0.3, -0.25) is 4.57 Å². The first-order valence-corrected chi connectivity index (χ1v) is 4.84. The highest BCUT2D eigenvalue weighted by Gasteiger charge is 2.24. The molecule has 5 heteroatoms. The Kier molecular flexibility index (Phi) is 2.55. The zero-order valence-corrected chi connectivity index (χ0v) is 8.21. The average Bonchev–Trinajstić information content (AvgIpc) is 2.65. The van der Waals surface area contributed by atoms with Crippen molar-refractivity contribution < 1.29 is 5.11 Å². The van der Waals surface area contributed by atoms with Crippen molar-refractivity contribution in [3.8, 4) is 0 Å². The zero-order chi connectivity index (χ0) is 10.8. The summed E-state index contributed by atoms with van der Waals surface area (Å²) in [6.45, 7) is 0.0640. The first-order chi connectivity index (χ1) is 7.22. The Morgan fingerprint density at radius 2 is 2.47 bits per heavy atom. The van der Waals surface area contributed by atoms with Gasteiger partial charge in [-0.15, -0.1) is 0 Å². The van der Waals surface area contributed by atoms with E-state index in [4.69, 9.17) is 10.8 Å². The minimum atomic E-state index is -0.370. The standard InChI is InChI=1S/C10H13N3O2/c11-9-4-5-13(10(15)12-9)8-3-1-2-7(8)6-14/h1,3-5,7-8,14H,2,6H2,(H2,11,12,15)/t7-,8-/m0/s1. The normalized spacial score (nSPS) is 24.6. The molecule has 1 aromatic rings. The van der Waals surface area contributed by atoms with Crippen LogP contribution in [0.15, 0.2) is 29.2 Å². The Hall–Kier alpha value is -1.62. The van der Waals surface area contributed by atoms with Gasteiger partial charge in [-0.05, 0) is 12.5 Å². The van der Waals surface area contributed by atoms with Crippen LogP contribution < -0.4 is 11.4 Å². The molecule has 0 fully saturated rings. The SMILES string of the molecule is Nc1ccn([C@H]2C=CC[C@H]2CO)c(=O)n1. The highest BCUT2D eigenvalue weighted by molar-refractivity contribution is 5.24. The molecule has 2 rings (SSSR count). The number of nitrogens with zero attached hydrogens (tertiary/aromatic N) is 2. The van der Waals surface area contributed by atoms with E-state index >= 15 is 0 Å². The molecular formula is C10H13N3O2. The maximum absolute atomic E-state index is 11.5. The van der Waals surface area contributed by atoms with Crippen LogP contribution in [-0.2, 0) is 0 Å². The number of allylic oxidation sites excluding steroid dienone is 2. The lowest BCUT2D eigenvalue weighted by atomic mass is 10.0. The highest BCUT2D eigenvalue weighted by atomic mass is 16.3. The molecule has 0 aliphatic heterocycles. The summed E-state index contributed by atoms with van der Waals surface area (Å²) in [5, 5.41) is 9.14. The lowest BCUT2D eigenvalue weighted by molar-refractivity contribution is 0.202. The molecule has 5 nitrogen and oxygen atoms in total. The van der Waals surface area contributed by atoms with Crippen molar-refractivity contribution in [3.05, 3.63) is 34.9 Å². The number of nitrogen functional groups attached to an aromatic ring is 1. The molecule has 0 saturated carbocycles. The Morgan fingerprint density at radius 3 is 3.13 bits per heavy atom. The molecule has 1 aliphatic rings. The monoisotopic (exact) mass is 207 g/mol. The van der Waals surface area contributed by atoms with Crippen molar-refractivity contribution in [1.29, 1.82) is 0 Å². The first kappa shape index (κ1) is 9.92. The van der Waals surface area contributed by atoms with Crippen molar-refractivity contribution in [3.63, 3.8) is 0 Å². The molecule has 15 heavy (non-hydrogen) atoms. The number of hydrogen-bond acceptors (Lipinski definition) is 4. The van der Waals surface area contributed by atoms with E-state index in [0.717, 1.165) is 6.42 Å². The van der Waals surface area contributed by atoms with E-state index in [-0.39, 0.29) is 30.1 Å². The maximum Gasteiger partial charge on any atom is 0.350 e. The number of aliphatic hydroxyl groups excluding tert-OH is 1. The second kappa shape index (κ2) is 3.86. The van der Waals surface area contributed by atoms with Crippen molar-refractivity contribution >= 4 is 5.82 Å². The van der Waals surface area contributed by atoms with E-state index in [9.17, 15) is 4.79 Å². The van der Waals surface area contributed by atoms with Crippen LogP contribution in [0.2, 0.25) is 0 Å². The molecule has 0 unspecified atom stereocenters. The fourth-order valence-corrected chi connectivity index (χ4v) is 1.84. The molecule has 1 aromatic heterocycles. The van der Waals surface area contributed by atoms with Gasteiger partial charge in [0.25, 0.3) is 0 Å². The second-order valence-electron chi connectivity index (χ2n) is 3.64. The van der Waals surface area contributed by atoms with E-state index in [2.05, 4.69) is 4.98 Å². The molecule has 0 spiro atoms. The van der Waals surface area contributed by atoms with Crippen LogP contribution in [0, 0.1) is 5.92 Å². The number of nitrogens with two attached hydrogens (primary N) is 1. The molecule has 1 heterocycles. The van der Waals surface area contributed by atoms with Gasteiger partial charge in [0.1, 0.15) is 5.82 Å². The fourth-order valence-electron chi connectivity index (χ4n) is 1.84. The predicted octanol–water partition coefficient (Wildman–Crippen LogP) is -0.0650. The lowest BCUT2D eigenvalue weighted by Crippen LogP contribution is -2.29. The van der Waals surface area contributed by atoms with Crippen LogP contribution in [0.4, 0.5) is 5.82 Å². The third-order valence-electron chi connectivity index (χ3n) is 2.66. The summed E-state index contributed by atoms with van der Waals surface area (Å²) in [6, 6.07) is 1.48. The molecule has 0 bridgehead atoms. The minimum absolute atomic E-state index is 0.0631. The minimum Gasteiger partial charge on any atom is -0.396 e. The van der Waals surface area contributed by atoms with E-state index in [0.29, 0.717) is 0 Å². The first-order valence-electron chi connectivity index (χ1n) is 4.84. The summed E-state index contributed by atoms with van der Waals surface area (Å²) in [7, 11) is 0. The quantitative estimate of drug-likeness (QED) is 0.665. The fraction of sp³-hybridized carbons (Fsp3) is 0.400. The molecule has 1 aliphatic carbocycles. The van der Waals surface area contributed by atoms with Crippen molar-refractivity contribution in [1.82, 2.24) is 9.55 Å². The number of anilines is 1. The molecule has 0 saturated heterocycles. The van der Waals surface area contributed by atoms with E-state index in [1.165, 1.54) is 4.57 Å². The van der Waals surface area contributed by atoms with Gasteiger partial charge in [-0.2, -0.15) is 4.98 Å². The largest absolute Gasteiger partial charge is 0.396 e. The van der Waals surface area contributed by atoms with Gasteiger partial charge in [0.15, 0.2) is 0 Å². The number of hydrogen-bond donors (Lipinski definition) is 2. The van der Waals surface area contributed by atoms with Gasteiger partial charge in [0.05, 0.1) is 6.04 Å². The molecule has 2 atom stereocenters. The van der Waals surface area contributed by atoms with E-state index < -0.39 is 0 Å². The average molecular weight is 207 g/mol. The van der Waals surface area contributed by atoms with Gasteiger partial charge in [0.2, 0.25) is 0 Å². The van der Waals surface area contributed by atoms with Crippen molar-refractivity contribution in [2.24, 2.45) is 5.92 Å². The second-order valence-corrected chi connectivity index (χ2v) is 3.64. The van der Waals surface area contributed by atoms with Gasteiger partial charge in [-0.25, -0.2) is 4.79 Å². The molecular weight excluding hydrogens is 194 g/mol. The predicted molar refractivity (Wildman–Crippen MR) is 56.3 cm³/mol. The summed E-state index contributed by atoms with van der Waals surface area (Å²) in [4.78, 5) is 15.2. The smallest absolute Gasteiger partial charge is 0.350 e. The van der Waals surface area contributed by atoms with Crippen LogP contribution in [0.3, 0.4) is 0 Å². The molecule has 0 aromatic carbocycles. The van der Waals surface area contributed by atoms with Crippen LogP contribution in [0.5, 0.6) is 0 Å². The third kappa shape index (κ3) is 1.78. The topological polar surface area (TPSA) is 81.1 Å². The molecule has 0 amide bonds. The Bertz CT molecular complexity index is 439. The van der Waals surface area contributed by atoms with Crippen molar-refractivity contribution in [2.75, 3.05) is 12.3 Å². The van der Waals surface area contributed by atoms with E-state index in [1.807, 2.05) is 12.2 Å². The number of rotatable bonds is 2. The Labute approximate surface area is 86.9 Å². The van der Waals surface area contributed by atoms with Gasteiger partial charge in [-0.1, -0.05) is 12.2 Å². The number of aromatic nitrogens is 2. The highest BCUT2D eigenvalue weighted by Crippen LogP contribution is 2.27. The third-order valence-corrected chi connectivity index (χ3v) is 2.66. The Morgan fingerprint density at radius 1 is 1.67 bits per heavy atom. The van der Waals surface area contributed by atoms with Gasteiger partial charge < -0.3 is 10.8 Å². The maximum atomic E-state index is 11.5. The van der Waals surface area contributed by atoms with Crippen LogP contribution >= 0.6 is 0 Å². The summed E-state index contributed by atoms with van der Waals surface area (Å²) < 4.78 is 1.50. The summed E-state index contributed by atoms with van der Waals surface area (Å²) in [5.41, 5.74) is 5.03. The van der Waals surface area contributed by atoms with Crippen LogP contribution in [0.25, 0.3) is 0 Å². The zero-order valence-electron chi connectivity index (χ0n) is 8.21. The van der Waals surface area contributed by atoms with E-state index in [1.54, 1.807) is 12.3 Å². The molecule has 0 radical (unpaired) electrons. The summed E-state index contributed by atoms with van der Waals surface area (Å²) in [5.74, 6) is 0.284. The van der Waals surface area contributed by atoms with Gasteiger partial charge in [0, 0.05) is 18.7 Å². The summed E-state index contributed by atoms with van der Waals surface area (Å²) in [6.07, 6.45) is 6.29. The van der Waals surface area contributed by atoms with Crippen molar-refractivity contribution in [2.45, 2.75) is 12.5 Å². The molecule has 80 valence electrons. The summed E-state index contributed by atoms with van der Waals surface area (Å²) >= 11 is 0. The molecule has 3 N–H and O–H groups in total. The van der Waals surface area contributed by atoms with Crippen LogP contribution in [-0.4, -0.2) is 21.3 Å².